The zero-order valence-corrected chi connectivity index (χ0v) is 17.2. The second kappa shape index (κ2) is 8.69. The maximum absolute atomic E-state index is 12.5. The van der Waals surface area contributed by atoms with Gasteiger partial charge in [0, 0.05) is 6.07 Å². The average Bonchev–Trinajstić information content (AvgIpc) is 2.61. The minimum Gasteiger partial charge on any atom is -0.497 e. The van der Waals surface area contributed by atoms with E-state index in [-0.39, 0.29) is 15.7 Å². The Kier molecular flexibility index (Phi) is 6.80. The number of hydrogen-bond donors (Lipinski definition) is 1. The van der Waals surface area contributed by atoms with Gasteiger partial charge in [-0.15, -0.1) is 0 Å². The van der Waals surface area contributed by atoms with Crippen LogP contribution in [0.1, 0.15) is 0 Å². The molecule has 0 atom stereocenters. The van der Waals surface area contributed by atoms with Crippen LogP contribution in [-0.2, 0) is 14.8 Å². The van der Waals surface area contributed by atoms with E-state index in [9.17, 15) is 13.2 Å². The summed E-state index contributed by atoms with van der Waals surface area (Å²) in [4.78, 5) is 12.5. The van der Waals surface area contributed by atoms with Crippen molar-refractivity contribution in [1.82, 2.24) is 0 Å². The number of amides is 1. The molecule has 1 amide bonds. The summed E-state index contributed by atoms with van der Waals surface area (Å²) in [5, 5.41) is 2.84. The molecule has 146 valence electrons. The summed E-state index contributed by atoms with van der Waals surface area (Å²) >= 11 is 12.1. The fraction of sp³-hybridized carbons (Fsp3) is 0.235. The summed E-state index contributed by atoms with van der Waals surface area (Å²) < 4.78 is 35.6. The molecule has 0 radical (unpaired) electrons. The molecule has 7 nitrogen and oxygen atoms in total. The molecule has 2 aromatic rings. The molecule has 2 rings (SSSR count). The number of benzene rings is 2. The third-order valence-electron chi connectivity index (χ3n) is 3.57. The second-order valence-corrected chi connectivity index (χ2v) is 8.15. The Morgan fingerprint density at radius 2 is 1.85 bits per heavy atom. The number of sulfonamides is 1. The summed E-state index contributed by atoms with van der Waals surface area (Å²) in [7, 11) is -0.844. The molecule has 0 fully saturated rings. The number of carbonyl (C=O) groups is 1. The van der Waals surface area contributed by atoms with Crippen LogP contribution in [0, 0.1) is 0 Å². The normalized spacial score (nSPS) is 11.0. The van der Waals surface area contributed by atoms with E-state index in [1.165, 1.54) is 26.4 Å². The lowest BCUT2D eigenvalue weighted by Crippen LogP contribution is -2.37. The van der Waals surface area contributed by atoms with Crippen LogP contribution in [0.2, 0.25) is 10.0 Å². The van der Waals surface area contributed by atoms with Gasteiger partial charge in [-0.05, 0) is 24.3 Å². The van der Waals surface area contributed by atoms with E-state index in [1.54, 1.807) is 24.3 Å². The lowest BCUT2D eigenvalue weighted by molar-refractivity contribution is -0.114. The second-order valence-electron chi connectivity index (χ2n) is 5.46. The van der Waals surface area contributed by atoms with Crippen molar-refractivity contribution < 1.29 is 22.7 Å². The van der Waals surface area contributed by atoms with Crippen molar-refractivity contribution in [1.29, 1.82) is 0 Å². The maximum Gasteiger partial charge on any atom is 0.245 e. The zero-order valence-electron chi connectivity index (χ0n) is 14.8. The third-order valence-corrected chi connectivity index (χ3v) is 5.51. The summed E-state index contributed by atoms with van der Waals surface area (Å²) in [6, 6.07) is 9.36. The Balaban J connectivity index is 2.29. The van der Waals surface area contributed by atoms with E-state index in [0.29, 0.717) is 17.2 Å². The minimum absolute atomic E-state index is 0.0411. The number of carbonyl (C=O) groups excluding carboxylic acids is 1. The molecular formula is C17H18Cl2N2O5S. The van der Waals surface area contributed by atoms with Gasteiger partial charge in [0.15, 0.2) is 0 Å². The van der Waals surface area contributed by atoms with Crippen molar-refractivity contribution in [3.8, 4) is 11.5 Å². The maximum atomic E-state index is 12.5. The van der Waals surface area contributed by atoms with Crippen molar-refractivity contribution in [2.75, 3.05) is 36.6 Å². The summed E-state index contributed by atoms with van der Waals surface area (Å²) in [6.45, 7) is -0.492. The Morgan fingerprint density at radius 3 is 2.44 bits per heavy atom. The van der Waals surface area contributed by atoms with Crippen molar-refractivity contribution >= 4 is 50.5 Å². The van der Waals surface area contributed by atoms with E-state index in [1.807, 2.05) is 0 Å². The first-order valence-corrected chi connectivity index (χ1v) is 10.2. The van der Waals surface area contributed by atoms with Crippen LogP contribution in [0.3, 0.4) is 0 Å². The van der Waals surface area contributed by atoms with Crippen LogP contribution in [0.25, 0.3) is 0 Å². The SMILES string of the molecule is COc1ccc(NC(=O)CN(c2cccc(Cl)c2Cl)S(C)(=O)=O)c(OC)c1. The highest BCUT2D eigenvalue weighted by Gasteiger charge is 2.24. The molecule has 0 unspecified atom stereocenters. The molecule has 1 N–H and O–H groups in total. The molecule has 0 aliphatic heterocycles. The Bertz CT molecular complexity index is 950. The number of nitrogens with one attached hydrogen (secondary N) is 1. The molecule has 0 spiro atoms. The monoisotopic (exact) mass is 432 g/mol. The topological polar surface area (TPSA) is 84.9 Å². The van der Waals surface area contributed by atoms with Gasteiger partial charge in [-0.3, -0.25) is 9.10 Å². The van der Waals surface area contributed by atoms with Crippen molar-refractivity contribution in [2.45, 2.75) is 0 Å². The average molecular weight is 433 g/mol. The predicted molar refractivity (Wildman–Crippen MR) is 107 cm³/mol. The molecule has 0 bridgehead atoms. The number of ether oxygens (including phenoxy) is 2. The molecular weight excluding hydrogens is 415 g/mol. The number of methoxy groups -OCH3 is 2. The number of anilines is 2. The van der Waals surface area contributed by atoms with Crippen LogP contribution in [0.4, 0.5) is 11.4 Å². The Hall–Kier alpha value is -2.16. The zero-order chi connectivity index (χ0) is 20.2. The minimum atomic E-state index is -3.79. The smallest absolute Gasteiger partial charge is 0.245 e. The highest BCUT2D eigenvalue weighted by Crippen LogP contribution is 2.34. The van der Waals surface area contributed by atoms with Gasteiger partial charge in [0.25, 0.3) is 0 Å². The predicted octanol–water partition coefficient (Wildman–Crippen LogP) is 3.42. The Morgan fingerprint density at radius 1 is 1.15 bits per heavy atom. The lowest BCUT2D eigenvalue weighted by Gasteiger charge is -2.23. The fourth-order valence-corrected chi connectivity index (χ4v) is 3.60. The third kappa shape index (κ3) is 5.18. The first kappa shape index (κ1) is 21.1. The quantitative estimate of drug-likeness (QED) is 0.724. The number of halogens is 2. The van der Waals surface area contributed by atoms with Gasteiger partial charge in [-0.2, -0.15) is 0 Å². The van der Waals surface area contributed by atoms with Gasteiger partial charge in [-0.25, -0.2) is 8.42 Å². The van der Waals surface area contributed by atoms with E-state index in [2.05, 4.69) is 5.32 Å². The number of nitrogens with zero attached hydrogens (tertiary/aromatic N) is 1. The van der Waals surface area contributed by atoms with Crippen LogP contribution in [0.5, 0.6) is 11.5 Å². The number of hydrogen-bond acceptors (Lipinski definition) is 5. The van der Waals surface area contributed by atoms with Crippen molar-refractivity contribution in [3.63, 3.8) is 0 Å². The van der Waals surface area contributed by atoms with Gasteiger partial charge < -0.3 is 14.8 Å². The van der Waals surface area contributed by atoms with Crippen LogP contribution >= 0.6 is 23.2 Å². The van der Waals surface area contributed by atoms with Gasteiger partial charge >= 0.3 is 0 Å². The van der Waals surface area contributed by atoms with Crippen molar-refractivity contribution in [3.05, 3.63) is 46.4 Å². The lowest BCUT2D eigenvalue weighted by atomic mass is 10.2. The van der Waals surface area contributed by atoms with Crippen molar-refractivity contribution in [2.24, 2.45) is 0 Å². The van der Waals surface area contributed by atoms with Gasteiger partial charge in [0.2, 0.25) is 15.9 Å². The molecule has 0 aliphatic rings. The molecule has 0 aliphatic carbocycles. The first-order chi connectivity index (χ1) is 12.7. The first-order valence-electron chi connectivity index (χ1n) is 7.61. The molecule has 10 heteroatoms. The summed E-state index contributed by atoms with van der Waals surface area (Å²) in [5.74, 6) is 0.336. The highest BCUT2D eigenvalue weighted by molar-refractivity contribution is 7.92. The van der Waals surface area contributed by atoms with E-state index in [4.69, 9.17) is 32.7 Å². The summed E-state index contributed by atoms with van der Waals surface area (Å²) in [6.07, 6.45) is 0.978. The largest absolute Gasteiger partial charge is 0.497 e. The van der Waals surface area contributed by atoms with Gasteiger partial charge in [0.1, 0.15) is 18.0 Å². The number of rotatable bonds is 7. The summed E-state index contributed by atoms with van der Waals surface area (Å²) in [5.41, 5.74) is 0.484. The van der Waals surface area contributed by atoms with E-state index < -0.39 is 22.5 Å². The van der Waals surface area contributed by atoms with Crippen LogP contribution in [-0.4, -0.2) is 41.3 Å². The Labute approximate surface area is 167 Å². The van der Waals surface area contributed by atoms with E-state index >= 15 is 0 Å². The molecule has 0 heterocycles. The highest BCUT2D eigenvalue weighted by atomic mass is 35.5. The molecule has 2 aromatic carbocycles. The molecule has 27 heavy (non-hydrogen) atoms. The fourth-order valence-electron chi connectivity index (χ4n) is 2.29. The van der Waals surface area contributed by atoms with Gasteiger partial charge in [0.05, 0.1) is 41.9 Å². The molecule has 0 saturated carbocycles. The van der Waals surface area contributed by atoms with Gasteiger partial charge in [-0.1, -0.05) is 29.3 Å². The van der Waals surface area contributed by atoms with E-state index in [0.717, 1.165) is 10.6 Å². The van der Waals surface area contributed by atoms with Crippen LogP contribution < -0.4 is 19.1 Å². The molecule has 0 aromatic heterocycles. The molecule has 0 saturated heterocycles. The standard InChI is InChI=1S/C17H18Cl2N2O5S/c1-25-11-7-8-13(15(9-11)26-2)20-16(22)10-21(27(3,23)24)14-6-4-5-12(18)17(14)19/h4-9H,10H2,1-3H3,(H,20,22). The van der Waals surface area contributed by atoms with Crippen LogP contribution in [0.15, 0.2) is 36.4 Å².